The van der Waals surface area contributed by atoms with Gasteiger partial charge in [-0.25, -0.2) is 4.98 Å². The molecule has 2 N–H and O–H groups in total. The van der Waals surface area contributed by atoms with Crippen molar-refractivity contribution >= 4 is 45.4 Å². The van der Waals surface area contributed by atoms with Crippen LogP contribution in [0.5, 0.6) is 0 Å². The molecule has 38 heavy (non-hydrogen) atoms. The zero-order chi connectivity index (χ0) is 25.9. The molecule has 9 heteroatoms. The maximum absolute atomic E-state index is 13.1. The summed E-state index contributed by atoms with van der Waals surface area (Å²) in [5, 5.41) is 6.99. The number of carbonyl (C=O) groups is 2. The number of hydrogen-bond donors (Lipinski definition) is 2. The molecule has 4 aromatic rings. The van der Waals surface area contributed by atoms with Crippen molar-refractivity contribution in [2.45, 2.75) is 25.2 Å². The lowest BCUT2D eigenvalue weighted by Crippen LogP contribution is -2.38. The molecule has 2 aliphatic heterocycles. The smallest absolute Gasteiger partial charge is 0.275 e. The number of hydrogen-bond acceptors (Lipinski definition) is 6. The lowest BCUT2D eigenvalue weighted by atomic mass is 9.97. The largest absolute Gasteiger partial charge is 0.378 e. The second-order valence-corrected chi connectivity index (χ2v) is 10.7. The van der Waals surface area contributed by atoms with E-state index in [1.54, 1.807) is 0 Å². The molecule has 196 valence electrons. The molecule has 0 bridgehead atoms. The predicted octanol–water partition coefficient (Wildman–Crippen LogP) is 4.66. The first-order chi connectivity index (χ1) is 18.7. The van der Waals surface area contributed by atoms with Gasteiger partial charge in [-0.15, -0.1) is 11.3 Å². The number of amides is 2. The topological polar surface area (TPSA) is 90.6 Å². The summed E-state index contributed by atoms with van der Waals surface area (Å²) in [5.41, 5.74) is 4.33. The van der Waals surface area contributed by atoms with Crippen molar-refractivity contribution in [1.82, 2.24) is 14.9 Å². The molecule has 0 radical (unpaired) electrons. The Labute approximate surface area is 225 Å². The molecule has 2 aromatic heterocycles. The highest BCUT2D eigenvalue weighted by molar-refractivity contribution is 7.10. The van der Waals surface area contributed by atoms with E-state index >= 15 is 0 Å². The zero-order valence-corrected chi connectivity index (χ0v) is 22.0. The van der Waals surface area contributed by atoms with Gasteiger partial charge >= 0.3 is 0 Å². The quantitative estimate of drug-likeness (QED) is 0.379. The number of para-hydroxylation sites is 3. The number of piperidine rings is 1. The first-order valence-electron chi connectivity index (χ1n) is 13.2. The Hall–Kier alpha value is -3.69. The van der Waals surface area contributed by atoms with E-state index in [9.17, 15) is 9.59 Å². The van der Waals surface area contributed by atoms with Crippen molar-refractivity contribution in [3.8, 4) is 0 Å². The fraction of sp³-hybridized carbons (Fsp3) is 0.345. The Morgan fingerprint density at radius 3 is 2.63 bits per heavy atom. The molecule has 2 fully saturated rings. The standard InChI is InChI=1S/C29H31N5O3S/c35-27(17-21-18-30-23-6-2-1-5-22(21)23)34-11-9-20(10-12-34)29-32-25(19-38-29)28(36)31-24-7-3-4-8-26(24)33-13-15-37-16-14-33/h1-8,18-20,30H,9-17H2,(H,31,36). The van der Waals surface area contributed by atoms with Gasteiger partial charge in [-0.1, -0.05) is 30.3 Å². The van der Waals surface area contributed by atoms with Gasteiger partial charge in [0, 0.05) is 54.6 Å². The number of anilines is 2. The van der Waals surface area contributed by atoms with Crippen molar-refractivity contribution in [2.75, 3.05) is 49.6 Å². The van der Waals surface area contributed by atoms with Gasteiger partial charge in [0.2, 0.25) is 5.91 Å². The van der Waals surface area contributed by atoms with Crippen molar-refractivity contribution in [1.29, 1.82) is 0 Å². The van der Waals surface area contributed by atoms with E-state index in [1.165, 1.54) is 11.3 Å². The number of nitrogens with one attached hydrogen (secondary N) is 2. The fourth-order valence-corrected chi connectivity index (χ4v) is 6.32. The third-order valence-corrected chi connectivity index (χ3v) is 8.48. The normalized spacial score (nSPS) is 16.6. The number of aromatic nitrogens is 2. The molecule has 0 aliphatic carbocycles. The van der Waals surface area contributed by atoms with Crippen LogP contribution < -0.4 is 10.2 Å². The molecule has 2 amide bonds. The van der Waals surface area contributed by atoms with Crippen molar-refractivity contribution in [3.05, 3.63) is 76.4 Å². The van der Waals surface area contributed by atoms with E-state index in [0.29, 0.717) is 38.4 Å². The lowest BCUT2D eigenvalue weighted by molar-refractivity contribution is -0.131. The van der Waals surface area contributed by atoms with Crippen LogP contribution in [0.15, 0.2) is 60.1 Å². The first-order valence-corrected chi connectivity index (χ1v) is 14.0. The molecule has 6 rings (SSSR count). The summed E-state index contributed by atoms with van der Waals surface area (Å²) in [6.45, 7) is 4.39. The molecule has 0 atom stereocenters. The number of carbonyl (C=O) groups excluding carboxylic acids is 2. The van der Waals surface area contributed by atoms with E-state index < -0.39 is 0 Å². The maximum Gasteiger partial charge on any atom is 0.275 e. The van der Waals surface area contributed by atoms with E-state index in [4.69, 9.17) is 9.72 Å². The molecular formula is C29H31N5O3S. The van der Waals surface area contributed by atoms with Gasteiger partial charge in [0.15, 0.2) is 0 Å². The van der Waals surface area contributed by atoms with Gasteiger partial charge in [0.05, 0.1) is 36.0 Å². The third kappa shape index (κ3) is 5.16. The second-order valence-electron chi connectivity index (χ2n) is 9.83. The highest BCUT2D eigenvalue weighted by Gasteiger charge is 2.27. The highest BCUT2D eigenvalue weighted by Crippen LogP contribution is 2.32. The van der Waals surface area contributed by atoms with Crippen LogP contribution in [0.1, 0.15) is 39.8 Å². The van der Waals surface area contributed by atoms with Crippen LogP contribution in [0, 0.1) is 0 Å². The molecule has 0 spiro atoms. The Balaban J connectivity index is 1.05. The zero-order valence-electron chi connectivity index (χ0n) is 21.2. The SMILES string of the molecule is O=C(Nc1ccccc1N1CCOCC1)c1csc(C2CCN(C(=O)Cc3c[nH]c4ccccc34)CC2)n1. The van der Waals surface area contributed by atoms with Gasteiger partial charge in [0.25, 0.3) is 5.91 Å². The number of likely N-dealkylation sites (tertiary alicyclic amines) is 1. The number of benzene rings is 2. The number of morpholine rings is 1. The predicted molar refractivity (Wildman–Crippen MR) is 150 cm³/mol. The third-order valence-electron chi connectivity index (χ3n) is 7.47. The molecule has 0 saturated carbocycles. The summed E-state index contributed by atoms with van der Waals surface area (Å²) in [7, 11) is 0. The van der Waals surface area contributed by atoms with Gasteiger partial charge in [-0.3, -0.25) is 9.59 Å². The Kier molecular flexibility index (Phi) is 7.11. The van der Waals surface area contributed by atoms with Gasteiger partial charge < -0.3 is 24.8 Å². The van der Waals surface area contributed by atoms with E-state index in [2.05, 4.69) is 21.3 Å². The monoisotopic (exact) mass is 529 g/mol. The molecule has 0 unspecified atom stereocenters. The van der Waals surface area contributed by atoms with Gasteiger partial charge in [0.1, 0.15) is 5.69 Å². The second kappa shape index (κ2) is 11.0. The molecule has 8 nitrogen and oxygen atoms in total. The number of rotatable bonds is 6. The van der Waals surface area contributed by atoms with Crippen LogP contribution in [0.3, 0.4) is 0 Å². The highest BCUT2D eigenvalue weighted by atomic mass is 32.1. The Bertz CT molecular complexity index is 1430. The number of thiazole rings is 1. The Morgan fingerprint density at radius 1 is 1.03 bits per heavy atom. The van der Waals surface area contributed by atoms with Crippen molar-refractivity contribution in [3.63, 3.8) is 0 Å². The van der Waals surface area contributed by atoms with Crippen LogP contribution in [0.4, 0.5) is 11.4 Å². The van der Waals surface area contributed by atoms with Crippen LogP contribution in [0.2, 0.25) is 0 Å². The van der Waals surface area contributed by atoms with Gasteiger partial charge in [-0.05, 0) is 36.6 Å². The van der Waals surface area contributed by atoms with E-state index in [-0.39, 0.29) is 17.7 Å². The van der Waals surface area contributed by atoms with Crippen LogP contribution >= 0.6 is 11.3 Å². The molecular weight excluding hydrogens is 498 g/mol. The fourth-order valence-electron chi connectivity index (χ4n) is 5.35. The van der Waals surface area contributed by atoms with Crippen molar-refractivity contribution in [2.24, 2.45) is 0 Å². The maximum atomic E-state index is 13.1. The van der Waals surface area contributed by atoms with Crippen LogP contribution in [-0.4, -0.2) is 66.1 Å². The van der Waals surface area contributed by atoms with Crippen LogP contribution in [-0.2, 0) is 16.0 Å². The number of H-pyrrole nitrogens is 1. The molecule has 2 aliphatic rings. The summed E-state index contributed by atoms with van der Waals surface area (Å²) in [6, 6.07) is 15.9. The summed E-state index contributed by atoms with van der Waals surface area (Å²) < 4.78 is 5.47. The first kappa shape index (κ1) is 24.6. The van der Waals surface area contributed by atoms with E-state index in [0.717, 1.165) is 58.8 Å². The van der Waals surface area contributed by atoms with Crippen LogP contribution in [0.25, 0.3) is 10.9 Å². The summed E-state index contributed by atoms with van der Waals surface area (Å²) >= 11 is 1.54. The average molecular weight is 530 g/mol. The molecule has 2 aromatic carbocycles. The molecule has 2 saturated heterocycles. The summed E-state index contributed by atoms with van der Waals surface area (Å²) in [6.07, 6.45) is 4.06. The minimum atomic E-state index is -0.195. The number of fused-ring (bicyclic) bond motifs is 1. The van der Waals surface area contributed by atoms with Crippen molar-refractivity contribution < 1.29 is 14.3 Å². The average Bonchev–Trinajstić information content (AvgIpc) is 3.62. The minimum Gasteiger partial charge on any atom is -0.378 e. The number of aromatic amines is 1. The van der Waals surface area contributed by atoms with Gasteiger partial charge in [-0.2, -0.15) is 0 Å². The lowest BCUT2D eigenvalue weighted by Gasteiger charge is -2.31. The Morgan fingerprint density at radius 2 is 1.79 bits per heavy atom. The number of nitrogens with zero attached hydrogens (tertiary/aromatic N) is 3. The minimum absolute atomic E-state index is 0.159. The summed E-state index contributed by atoms with van der Waals surface area (Å²) in [4.78, 5) is 38.2. The number of ether oxygens (including phenoxy) is 1. The summed E-state index contributed by atoms with van der Waals surface area (Å²) in [5.74, 6) is 0.227. The molecule has 4 heterocycles. The van der Waals surface area contributed by atoms with E-state index in [1.807, 2.05) is 58.9 Å².